The summed E-state index contributed by atoms with van der Waals surface area (Å²) in [4.78, 5) is 21.9. The van der Waals surface area contributed by atoms with Crippen molar-refractivity contribution in [1.29, 1.82) is 0 Å². The smallest absolute Gasteiger partial charge is 0.236 e. The Morgan fingerprint density at radius 1 is 1.13 bits per heavy atom. The number of H-pyrrole nitrogens is 1. The average Bonchev–Trinajstić information content (AvgIpc) is 3.19. The number of imidazole rings is 1. The van der Waals surface area contributed by atoms with E-state index in [4.69, 9.17) is 11.6 Å². The number of fused-ring (bicyclic) bond motifs is 1. The lowest BCUT2D eigenvalue weighted by molar-refractivity contribution is -0.129. The van der Waals surface area contributed by atoms with Gasteiger partial charge in [-0.15, -0.1) is 0 Å². The highest BCUT2D eigenvalue weighted by Gasteiger charge is 2.27. The number of carbonyl (C=O) groups excluding carboxylic acids is 1. The van der Waals surface area contributed by atoms with Crippen LogP contribution in [0.25, 0.3) is 17.1 Å². The first-order valence-corrected chi connectivity index (χ1v) is 12.6. The fraction of sp³-hybridized carbons (Fsp3) is 0.238. The molecular weight excluding hydrogens is 456 g/mol. The van der Waals surface area contributed by atoms with E-state index in [9.17, 15) is 13.2 Å². The van der Waals surface area contributed by atoms with Crippen LogP contribution in [0.15, 0.2) is 59.1 Å². The Balaban J connectivity index is 1.29. The van der Waals surface area contributed by atoms with Crippen LogP contribution in [0.3, 0.4) is 0 Å². The first-order chi connectivity index (χ1) is 14.9. The molecule has 1 amide bonds. The molecule has 0 atom stereocenters. The summed E-state index contributed by atoms with van der Waals surface area (Å²) in [7, 11) is -3.52. The zero-order valence-corrected chi connectivity index (χ0v) is 19.0. The molecule has 10 heteroatoms. The molecular formula is C21H21ClN4O3S2. The SMILES string of the molecule is O=C(CSc1nc2ccc(Cl)cc2[nH]1)N1CCN(S(=O)(=O)/C=C/c2ccccc2)CC1. The number of halogens is 1. The van der Waals surface area contributed by atoms with Crippen LogP contribution in [-0.4, -0.2) is 65.4 Å². The highest BCUT2D eigenvalue weighted by Crippen LogP contribution is 2.22. The third-order valence-corrected chi connectivity index (χ3v) is 7.60. The zero-order chi connectivity index (χ0) is 21.8. The minimum atomic E-state index is -3.52. The van der Waals surface area contributed by atoms with Crippen LogP contribution in [0.2, 0.25) is 5.02 Å². The van der Waals surface area contributed by atoms with E-state index in [0.717, 1.165) is 16.6 Å². The van der Waals surface area contributed by atoms with Crippen LogP contribution >= 0.6 is 23.4 Å². The van der Waals surface area contributed by atoms with Crippen LogP contribution < -0.4 is 0 Å². The van der Waals surface area contributed by atoms with Crippen molar-refractivity contribution in [3.8, 4) is 0 Å². The number of nitrogens with one attached hydrogen (secondary N) is 1. The number of carbonyl (C=O) groups is 1. The fourth-order valence-corrected chi connectivity index (χ4v) is 5.39. The number of hydrogen-bond donors (Lipinski definition) is 1. The third-order valence-electron chi connectivity index (χ3n) is 4.94. The summed E-state index contributed by atoms with van der Waals surface area (Å²) >= 11 is 7.31. The van der Waals surface area contributed by atoms with E-state index in [2.05, 4.69) is 9.97 Å². The van der Waals surface area contributed by atoms with E-state index in [1.165, 1.54) is 21.5 Å². The first-order valence-electron chi connectivity index (χ1n) is 9.70. The van der Waals surface area contributed by atoms with E-state index in [0.29, 0.717) is 23.3 Å². The lowest BCUT2D eigenvalue weighted by Crippen LogP contribution is -2.50. The second-order valence-electron chi connectivity index (χ2n) is 7.03. The molecule has 162 valence electrons. The predicted molar refractivity (Wildman–Crippen MR) is 124 cm³/mol. The molecule has 0 radical (unpaired) electrons. The Hall–Kier alpha value is -2.33. The van der Waals surface area contributed by atoms with Crippen molar-refractivity contribution in [3.05, 3.63) is 64.5 Å². The van der Waals surface area contributed by atoms with Gasteiger partial charge in [0.2, 0.25) is 15.9 Å². The molecule has 4 rings (SSSR count). The summed E-state index contributed by atoms with van der Waals surface area (Å²) in [6, 6.07) is 14.7. The van der Waals surface area contributed by atoms with Gasteiger partial charge < -0.3 is 9.88 Å². The Kier molecular flexibility index (Phi) is 6.66. The van der Waals surface area contributed by atoms with Crippen molar-refractivity contribution in [1.82, 2.24) is 19.2 Å². The minimum absolute atomic E-state index is 0.0413. The molecule has 31 heavy (non-hydrogen) atoms. The van der Waals surface area contributed by atoms with Gasteiger partial charge in [-0.05, 0) is 29.8 Å². The molecule has 0 aliphatic carbocycles. The van der Waals surface area contributed by atoms with Gasteiger partial charge in [0.05, 0.1) is 16.8 Å². The van der Waals surface area contributed by atoms with Crippen molar-refractivity contribution in [2.24, 2.45) is 0 Å². The molecule has 0 unspecified atom stereocenters. The number of nitrogens with zero attached hydrogens (tertiary/aromatic N) is 3. The molecule has 1 aromatic heterocycles. The summed E-state index contributed by atoms with van der Waals surface area (Å²) in [5.41, 5.74) is 2.44. The van der Waals surface area contributed by atoms with Crippen LogP contribution in [-0.2, 0) is 14.8 Å². The van der Waals surface area contributed by atoms with Crippen molar-refractivity contribution in [2.75, 3.05) is 31.9 Å². The Morgan fingerprint density at radius 2 is 1.87 bits per heavy atom. The molecule has 1 aliphatic rings. The van der Waals surface area contributed by atoms with Gasteiger partial charge in [0.15, 0.2) is 5.16 Å². The molecule has 3 aromatic rings. The molecule has 0 saturated carbocycles. The van der Waals surface area contributed by atoms with Gasteiger partial charge in [-0.25, -0.2) is 13.4 Å². The number of sulfonamides is 1. The van der Waals surface area contributed by atoms with Crippen molar-refractivity contribution < 1.29 is 13.2 Å². The summed E-state index contributed by atoms with van der Waals surface area (Å²) < 4.78 is 26.5. The molecule has 1 fully saturated rings. The largest absolute Gasteiger partial charge is 0.339 e. The zero-order valence-electron chi connectivity index (χ0n) is 16.6. The standard InChI is InChI=1S/C21H21ClN4O3S2/c22-17-6-7-18-19(14-17)24-21(23-18)30-15-20(27)25-9-11-26(12-10-25)31(28,29)13-8-16-4-2-1-3-5-16/h1-8,13-14H,9-12,15H2,(H,23,24)/b13-8+. The molecule has 1 saturated heterocycles. The highest BCUT2D eigenvalue weighted by molar-refractivity contribution is 7.99. The number of aromatic amines is 1. The Bertz CT molecular complexity index is 1200. The number of amides is 1. The number of thioether (sulfide) groups is 1. The lowest BCUT2D eigenvalue weighted by Gasteiger charge is -2.33. The third kappa shape index (κ3) is 5.48. The summed E-state index contributed by atoms with van der Waals surface area (Å²) in [6.07, 6.45) is 1.59. The van der Waals surface area contributed by atoms with Crippen LogP contribution in [0.5, 0.6) is 0 Å². The van der Waals surface area contributed by atoms with Gasteiger partial charge in [-0.2, -0.15) is 4.31 Å². The van der Waals surface area contributed by atoms with Gasteiger partial charge in [0.25, 0.3) is 0 Å². The molecule has 2 heterocycles. The Labute approximate surface area is 190 Å². The number of rotatable bonds is 6. The van der Waals surface area contributed by atoms with Crippen LogP contribution in [0, 0.1) is 0 Å². The number of hydrogen-bond acceptors (Lipinski definition) is 5. The summed E-state index contributed by atoms with van der Waals surface area (Å²) in [5.74, 6) is 0.189. The van der Waals surface area contributed by atoms with Gasteiger partial charge >= 0.3 is 0 Å². The van der Waals surface area contributed by atoms with Gasteiger partial charge in [-0.3, -0.25) is 4.79 Å². The second-order valence-corrected chi connectivity index (χ2v) is 10.2. The molecule has 0 bridgehead atoms. The van der Waals surface area contributed by atoms with E-state index < -0.39 is 10.0 Å². The van der Waals surface area contributed by atoms with Crippen LogP contribution in [0.4, 0.5) is 0 Å². The van der Waals surface area contributed by atoms with Crippen LogP contribution in [0.1, 0.15) is 5.56 Å². The van der Waals surface area contributed by atoms with Crippen molar-refractivity contribution >= 4 is 56.4 Å². The maximum Gasteiger partial charge on any atom is 0.236 e. The predicted octanol–water partition coefficient (Wildman–Crippen LogP) is 3.45. The number of piperazine rings is 1. The second kappa shape index (κ2) is 9.44. The monoisotopic (exact) mass is 476 g/mol. The van der Waals surface area contributed by atoms with E-state index >= 15 is 0 Å². The van der Waals surface area contributed by atoms with Gasteiger partial charge in [-0.1, -0.05) is 53.7 Å². The Morgan fingerprint density at radius 3 is 2.61 bits per heavy atom. The van der Waals surface area contributed by atoms with Gasteiger partial charge in [0.1, 0.15) is 0 Å². The highest BCUT2D eigenvalue weighted by atomic mass is 35.5. The molecule has 1 aliphatic heterocycles. The number of benzene rings is 2. The van der Waals surface area contributed by atoms with Crippen molar-refractivity contribution in [2.45, 2.75) is 5.16 Å². The molecule has 1 N–H and O–H groups in total. The summed E-state index contributed by atoms with van der Waals surface area (Å²) in [5, 5.41) is 2.50. The fourth-order valence-electron chi connectivity index (χ4n) is 3.25. The van der Waals surface area contributed by atoms with E-state index in [-0.39, 0.29) is 24.7 Å². The normalized spacial score (nSPS) is 15.7. The molecule has 2 aromatic carbocycles. The summed E-state index contributed by atoms with van der Waals surface area (Å²) in [6.45, 7) is 1.29. The van der Waals surface area contributed by atoms with E-state index in [1.807, 2.05) is 36.4 Å². The maximum absolute atomic E-state index is 12.6. The van der Waals surface area contributed by atoms with Gasteiger partial charge in [0, 0.05) is 36.6 Å². The number of aromatic nitrogens is 2. The topological polar surface area (TPSA) is 86.4 Å². The molecule has 7 nitrogen and oxygen atoms in total. The lowest BCUT2D eigenvalue weighted by atomic mass is 10.2. The van der Waals surface area contributed by atoms with E-state index in [1.54, 1.807) is 23.1 Å². The average molecular weight is 477 g/mol. The quantitative estimate of drug-likeness (QED) is 0.550. The maximum atomic E-state index is 12.6. The minimum Gasteiger partial charge on any atom is -0.339 e. The first kappa shape index (κ1) is 21.9. The van der Waals surface area contributed by atoms with Crippen molar-refractivity contribution in [3.63, 3.8) is 0 Å². The molecule has 0 spiro atoms.